The van der Waals surface area contributed by atoms with Crippen LogP contribution in [0.5, 0.6) is 34.5 Å². The van der Waals surface area contributed by atoms with Crippen molar-refractivity contribution in [3.8, 4) is 34.5 Å². The number of methoxy groups -OCH3 is 4. The van der Waals surface area contributed by atoms with Gasteiger partial charge in [0.15, 0.2) is 23.0 Å². The largest absolute Gasteiger partial charge is 0.493 e. The van der Waals surface area contributed by atoms with Crippen LogP contribution in [0, 0.1) is 13.8 Å². The van der Waals surface area contributed by atoms with Crippen molar-refractivity contribution in [2.75, 3.05) is 54.7 Å². The van der Waals surface area contributed by atoms with E-state index in [2.05, 4.69) is 4.74 Å². The first-order chi connectivity index (χ1) is 27.9. The van der Waals surface area contributed by atoms with Gasteiger partial charge in [-0.25, -0.2) is 0 Å². The summed E-state index contributed by atoms with van der Waals surface area (Å²) >= 11 is 0. The van der Waals surface area contributed by atoms with Gasteiger partial charge in [-0.1, -0.05) is 42.8 Å². The molecular formula is C41H55NO8. The SMILES string of the molecule is COc1ccc(CCN)cc1OC.[2H]C([2H])(CCCc1ccc(OC)c(OC)c1)C([2H])(O)C([2H])([2H])Oc1cccc(C)c1.[2H]C([2H])(Oc1cccc(C)c1)C1([2H])OC1([2H])[2H]. The van der Waals surface area contributed by atoms with Crippen LogP contribution < -0.4 is 34.2 Å². The molecule has 1 saturated heterocycles. The highest BCUT2D eigenvalue weighted by Crippen LogP contribution is 2.29. The second-order valence-corrected chi connectivity index (χ2v) is 10.9. The van der Waals surface area contributed by atoms with Gasteiger partial charge in [0.05, 0.1) is 52.0 Å². The molecule has 9 heteroatoms. The number of aryl methyl sites for hydroxylation is 3. The zero-order chi connectivity index (χ0) is 45.2. The molecule has 0 aromatic heterocycles. The standard InChI is InChI=1S/C21H28O4.C10H15NO2.C10H12O2/c1-16-7-6-10-19(13-16)25-15-18(22)9-5-4-8-17-11-12-20(23-2)21(14-17)24-3;1-12-9-4-3-8(5-6-11)7-10(9)13-2;1-8-3-2-4-9(5-8)11-6-10-7-12-10/h6-7,10-14,18,22H,4-5,8-9,15H2,1-3H3;3-4,7H,5-6,11H2,1-2H3;2-5,10H,6-7H2,1H3/i9D2,15D2,18D;;6D2,7D2,10D. The first-order valence-electron chi connectivity index (χ1n) is 21.0. The quantitative estimate of drug-likeness (QED) is 0.111. The second-order valence-electron chi connectivity index (χ2n) is 10.9. The van der Waals surface area contributed by atoms with E-state index in [1.807, 2.05) is 37.3 Å². The highest BCUT2D eigenvalue weighted by atomic mass is 16.6. The molecular weight excluding hydrogens is 634 g/mol. The van der Waals surface area contributed by atoms with Gasteiger partial charge in [-0.15, -0.1) is 0 Å². The predicted octanol–water partition coefficient (Wildman–Crippen LogP) is 7.14. The van der Waals surface area contributed by atoms with Crippen LogP contribution in [0.1, 0.15) is 55.2 Å². The molecule has 1 fully saturated rings. The van der Waals surface area contributed by atoms with Gasteiger partial charge in [-0.05, 0) is 117 Å². The number of hydrogen-bond donors (Lipinski definition) is 2. The first kappa shape index (κ1) is 27.3. The van der Waals surface area contributed by atoms with Gasteiger partial charge in [-0.2, -0.15) is 0 Å². The summed E-state index contributed by atoms with van der Waals surface area (Å²) in [7, 11) is 6.31. The van der Waals surface area contributed by atoms with Gasteiger partial charge >= 0.3 is 0 Å². The molecule has 2 atom stereocenters. The zero-order valence-electron chi connectivity index (χ0n) is 39.5. The number of epoxide rings is 1. The van der Waals surface area contributed by atoms with Crippen molar-refractivity contribution in [2.24, 2.45) is 5.73 Å². The summed E-state index contributed by atoms with van der Waals surface area (Å²) in [6, 6.07) is 24.4. The van der Waals surface area contributed by atoms with E-state index in [0.717, 1.165) is 34.6 Å². The van der Waals surface area contributed by atoms with Crippen LogP contribution in [-0.2, 0) is 17.6 Å². The molecule has 0 bridgehead atoms. The molecule has 0 saturated carbocycles. The molecule has 9 nitrogen and oxygen atoms in total. The van der Waals surface area contributed by atoms with Crippen molar-refractivity contribution in [1.82, 2.24) is 0 Å². The molecule has 1 heterocycles. The van der Waals surface area contributed by atoms with Crippen LogP contribution in [0.15, 0.2) is 84.9 Å². The number of rotatable bonds is 17. The van der Waals surface area contributed by atoms with Crippen LogP contribution in [0.25, 0.3) is 0 Å². The Morgan fingerprint density at radius 2 is 1.30 bits per heavy atom. The minimum absolute atomic E-state index is 0.117. The van der Waals surface area contributed by atoms with Crippen LogP contribution in [-0.4, -0.2) is 71.9 Å². The second kappa shape index (κ2) is 22.3. The van der Waals surface area contributed by atoms with Gasteiger partial charge < -0.3 is 44.0 Å². The molecule has 272 valence electrons. The Morgan fingerprint density at radius 1 is 0.780 bits per heavy atom. The van der Waals surface area contributed by atoms with E-state index in [0.29, 0.717) is 24.5 Å². The topological polar surface area (TPSA) is 114 Å². The van der Waals surface area contributed by atoms with Gasteiger partial charge in [0.25, 0.3) is 0 Å². The third-order valence-electron chi connectivity index (χ3n) is 6.97. The van der Waals surface area contributed by atoms with Crippen molar-refractivity contribution in [3.63, 3.8) is 0 Å². The van der Waals surface area contributed by atoms with Gasteiger partial charge in [-0.3, -0.25) is 0 Å². The predicted molar refractivity (Wildman–Crippen MR) is 199 cm³/mol. The number of nitrogens with two attached hydrogens (primary N) is 1. The normalized spacial score (nSPS) is 20.3. The summed E-state index contributed by atoms with van der Waals surface area (Å²) < 4.78 is 113. The number of ether oxygens (including phenoxy) is 7. The first-order valence-corrected chi connectivity index (χ1v) is 16.0. The highest BCUT2D eigenvalue weighted by Gasteiger charge is 2.22. The van der Waals surface area contributed by atoms with E-state index < -0.39 is 38.2 Å². The van der Waals surface area contributed by atoms with Gasteiger partial charge in [0, 0.05) is 2.74 Å². The van der Waals surface area contributed by atoms with Crippen molar-refractivity contribution in [1.29, 1.82) is 0 Å². The lowest BCUT2D eigenvalue weighted by Crippen LogP contribution is -2.17. The Kier molecular flexibility index (Phi) is 12.2. The molecule has 50 heavy (non-hydrogen) atoms. The highest BCUT2D eigenvalue weighted by molar-refractivity contribution is 5.43. The van der Waals surface area contributed by atoms with Gasteiger partial charge in [0.1, 0.15) is 30.7 Å². The summed E-state index contributed by atoms with van der Waals surface area (Å²) in [5, 5.41) is 10.5. The summed E-state index contributed by atoms with van der Waals surface area (Å²) in [6.45, 7) is -3.57. The molecule has 3 N–H and O–H groups in total. The van der Waals surface area contributed by atoms with E-state index in [1.54, 1.807) is 69.7 Å². The van der Waals surface area contributed by atoms with Crippen molar-refractivity contribution in [3.05, 3.63) is 107 Å². The lowest BCUT2D eigenvalue weighted by atomic mass is 10.0. The van der Waals surface area contributed by atoms with E-state index in [1.165, 1.54) is 25.8 Å². The van der Waals surface area contributed by atoms with E-state index >= 15 is 0 Å². The lowest BCUT2D eigenvalue weighted by Gasteiger charge is -2.13. The third kappa shape index (κ3) is 15.0. The molecule has 0 spiro atoms. The van der Waals surface area contributed by atoms with Crippen LogP contribution in [0.3, 0.4) is 0 Å². The fraction of sp³-hybridized carbons (Fsp3) is 0.415. The van der Waals surface area contributed by atoms with Crippen LogP contribution >= 0.6 is 0 Å². The van der Waals surface area contributed by atoms with Gasteiger partial charge in [0.2, 0.25) is 0 Å². The van der Waals surface area contributed by atoms with E-state index in [4.69, 9.17) is 47.9 Å². The minimum atomic E-state index is -3.12. The average Bonchev–Trinajstić information content (AvgIpc) is 3.73. The van der Waals surface area contributed by atoms with E-state index in [-0.39, 0.29) is 24.3 Å². The fourth-order valence-corrected chi connectivity index (χ4v) is 4.41. The number of benzene rings is 4. The number of hydrogen-bond acceptors (Lipinski definition) is 9. The molecule has 2 unspecified atom stereocenters. The maximum Gasteiger partial charge on any atom is 0.160 e. The van der Waals surface area contributed by atoms with Crippen LogP contribution in [0.2, 0.25) is 0 Å². The van der Waals surface area contributed by atoms with Crippen molar-refractivity contribution >= 4 is 0 Å². The smallest absolute Gasteiger partial charge is 0.160 e. The number of aliphatic hydroxyl groups is 1. The Labute approximate surface area is 312 Å². The van der Waals surface area contributed by atoms with Crippen molar-refractivity contribution in [2.45, 2.75) is 58.1 Å². The summed E-state index contributed by atoms with van der Waals surface area (Å²) in [5.41, 5.74) is 9.19. The fourth-order valence-electron chi connectivity index (χ4n) is 4.41. The maximum absolute atomic E-state index is 10.5. The summed E-state index contributed by atoms with van der Waals surface area (Å²) in [5.74, 6) is 3.01. The molecule has 4 aromatic rings. The average molecular weight is 700 g/mol. The Morgan fingerprint density at radius 3 is 1.78 bits per heavy atom. The summed E-state index contributed by atoms with van der Waals surface area (Å²) in [4.78, 5) is 0. The monoisotopic (exact) mass is 699 g/mol. The lowest BCUT2D eigenvalue weighted by molar-refractivity contribution is 0.0976. The van der Waals surface area contributed by atoms with Crippen LogP contribution in [0.4, 0.5) is 0 Å². The molecule has 1 aliphatic heterocycles. The Balaban J connectivity index is 0.000000268. The molecule has 0 radical (unpaired) electrons. The molecule has 5 rings (SSSR count). The molecule has 0 aliphatic carbocycles. The molecule has 1 aliphatic rings. The van der Waals surface area contributed by atoms with Crippen molar-refractivity contribution < 1.29 is 52.0 Å². The molecule has 0 amide bonds. The Bertz CT molecular complexity index is 2000. The Hall–Kier alpha value is -4.44. The third-order valence-corrected chi connectivity index (χ3v) is 6.97. The molecule has 4 aromatic carbocycles. The minimum Gasteiger partial charge on any atom is -0.493 e. The van der Waals surface area contributed by atoms with E-state index in [9.17, 15) is 5.11 Å². The summed E-state index contributed by atoms with van der Waals surface area (Å²) in [6.07, 6.45) is -6.64. The maximum atomic E-state index is 10.5. The zero-order valence-corrected chi connectivity index (χ0v) is 29.5.